The van der Waals surface area contributed by atoms with Crippen molar-refractivity contribution in [3.63, 3.8) is 0 Å². The average molecular weight is 576 g/mol. The third kappa shape index (κ3) is 7.04. The van der Waals surface area contributed by atoms with Crippen molar-refractivity contribution in [3.05, 3.63) is 59.9 Å². The van der Waals surface area contributed by atoms with Crippen LogP contribution in [0.5, 0.6) is 5.75 Å². The van der Waals surface area contributed by atoms with Crippen LogP contribution >= 0.6 is 24.0 Å². The van der Waals surface area contributed by atoms with E-state index >= 15 is 0 Å². The molecule has 1 fully saturated rings. The van der Waals surface area contributed by atoms with Crippen molar-refractivity contribution < 1.29 is 17.5 Å². The number of hydrogen-bond acceptors (Lipinski definition) is 4. The van der Waals surface area contributed by atoms with Crippen LogP contribution < -0.4 is 15.4 Å². The number of hydrogen-bond donors (Lipinski definition) is 2. The molecule has 0 bridgehead atoms. The van der Waals surface area contributed by atoms with Gasteiger partial charge in [-0.05, 0) is 49.6 Å². The molecule has 32 heavy (non-hydrogen) atoms. The molecule has 2 aromatic carbocycles. The van der Waals surface area contributed by atoms with Gasteiger partial charge in [-0.25, -0.2) is 12.8 Å². The molecule has 1 aliphatic heterocycles. The van der Waals surface area contributed by atoms with Crippen LogP contribution in [0.3, 0.4) is 0 Å². The van der Waals surface area contributed by atoms with Crippen LogP contribution in [0.4, 0.5) is 4.39 Å². The van der Waals surface area contributed by atoms with Gasteiger partial charge >= 0.3 is 0 Å². The maximum atomic E-state index is 13.7. The summed E-state index contributed by atoms with van der Waals surface area (Å²) in [7, 11) is -1.75. The molecular formula is C22H30FIN4O3S. The maximum absolute atomic E-state index is 13.7. The van der Waals surface area contributed by atoms with Gasteiger partial charge in [0.05, 0.1) is 11.4 Å². The summed E-state index contributed by atoms with van der Waals surface area (Å²) in [6.07, 6.45) is 1.56. The van der Waals surface area contributed by atoms with Gasteiger partial charge in [-0.15, -0.1) is 24.0 Å². The summed E-state index contributed by atoms with van der Waals surface area (Å²) in [5, 5.41) is 6.32. The van der Waals surface area contributed by atoms with Crippen LogP contribution in [0.25, 0.3) is 0 Å². The smallest absolute Gasteiger partial charge is 0.243 e. The second-order valence-corrected chi connectivity index (χ2v) is 9.36. The van der Waals surface area contributed by atoms with Gasteiger partial charge in [0, 0.05) is 26.7 Å². The second-order valence-electron chi connectivity index (χ2n) is 7.42. The first kappa shape index (κ1) is 26.3. The zero-order valence-corrected chi connectivity index (χ0v) is 21.4. The molecule has 0 aromatic heterocycles. The summed E-state index contributed by atoms with van der Waals surface area (Å²) in [4.78, 5) is 4.49. The third-order valence-electron chi connectivity index (χ3n) is 5.03. The molecule has 1 atom stereocenters. The summed E-state index contributed by atoms with van der Waals surface area (Å²) in [5.74, 6) is 0.383. The van der Waals surface area contributed by atoms with Crippen molar-refractivity contribution in [2.24, 2.45) is 4.99 Å². The Hall–Kier alpha value is -1.92. The largest absolute Gasteiger partial charge is 0.486 e. The lowest BCUT2D eigenvalue weighted by Gasteiger charge is -2.18. The van der Waals surface area contributed by atoms with Crippen LogP contribution in [0.15, 0.2) is 58.4 Å². The number of halogens is 2. The Morgan fingerprint density at radius 2 is 1.78 bits per heavy atom. The Bertz CT molecular complexity index is 996. The minimum atomic E-state index is -3.40. The molecule has 1 unspecified atom stereocenters. The Labute approximate surface area is 206 Å². The van der Waals surface area contributed by atoms with Crippen LogP contribution in [-0.4, -0.2) is 51.5 Å². The quantitative estimate of drug-likeness (QED) is 0.286. The van der Waals surface area contributed by atoms with Crippen molar-refractivity contribution in [1.29, 1.82) is 0 Å². The van der Waals surface area contributed by atoms with E-state index in [0.717, 1.165) is 18.4 Å². The molecule has 10 heteroatoms. The van der Waals surface area contributed by atoms with Crippen LogP contribution in [0.1, 0.15) is 25.3 Å². The number of ether oxygens (including phenoxy) is 1. The van der Waals surface area contributed by atoms with Crippen LogP contribution in [0.2, 0.25) is 0 Å². The van der Waals surface area contributed by atoms with Gasteiger partial charge in [0.15, 0.2) is 17.5 Å². The van der Waals surface area contributed by atoms with Crippen molar-refractivity contribution in [1.82, 2.24) is 14.9 Å². The Morgan fingerprint density at radius 3 is 2.41 bits per heavy atom. The monoisotopic (exact) mass is 576 g/mol. The lowest BCUT2D eigenvalue weighted by molar-refractivity contribution is 0.214. The van der Waals surface area contributed by atoms with E-state index in [0.29, 0.717) is 37.0 Å². The number of nitrogens with one attached hydrogen (secondary N) is 2. The van der Waals surface area contributed by atoms with E-state index in [9.17, 15) is 12.8 Å². The second kappa shape index (κ2) is 12.4. The normalized spacial score (nSPS) is 15.7. The fourth-order valence-electron chi connectivity index (χ4n) is 3.30. The van der Waals surface area contributed by atoms with Crippen LogP contribution in [0, 0.1) is 5.82 Å². The first-order valence-electron chi connectivity index (χ1n) is 10.3. The highest BCUT2D eigenvalue weighted by atomic mass is 127. The molecule has 176 valence electrons. The van der Waals surface area contributed by atoms with E-state index < -0.39 is 15.8 Å². The lowest BCUT2D eigenvalue weighted by Crippen LogP contribution is -2.41. The number of nitrogens with zero attached hydrogens (tertiary/aromatic N) is 2. The highest BCUT2D eigenvalue weighted by Gasteiger charge is 2.26. The first-order chi connectivity index (χ1) is 14.9. The number of aliphatic imine (C=N–C) groups is 1. The highest BCUT2D eigenvalue weighted by Crippen LogP contribution is 2.21. The number of guanidine groups is 1. The number of sulfonamides is 1. The fourth-order valence-corrected chi connectivity index (χ4v) is 4.82. The molecule has 2 N–H and O–H groups in total. The Morgan fingerprint density at radius 1 is 1.12 bits per heavy atom. The third-order valence-corrected chi connectivity index (χ3v) is 6.94. The van der Waals surface area contributed by atoms with Gasteiger partial charge in [-0.3, -0.25) is 4.99 Å². The first-order valence-corrected chi connectivity index (χ1v) is 11.8. The van der Waals surface area contributed by atoms with Crippen molar-refractivity contribution in [2.75, 3.05) is 26.7 Å². The topological polar surface area (TPSA) is 83.0 Å². The minimum absolute atomic E-state index is 0. The fraction of sp³-hybridized carbons (Fsp3) is 0.409. The molecule has 1 aliphatic rings. The zero-order valence-electron chi connectivity index (χ0n) is 18.3. The number of para-hydroxylation sites is 1. The van der Waals surface area contributed by atoms with E-state index in [1.807, 2.05) is 6.92 Å². The van der Waals surface area contributed by atoms with Gasteiger partial charge in [0.2, 0.25) is 10.0 Å². The average Bonchev–Trinajstić information content (AvgIpc) is 3.32. The van der Waals surface area contributed by atoms with Gasteiger partial charge < -0.3 is 15.4 Å². The SMILES string of the molecule is CN=C(NCc1ccc(S(=O)(=O)N2CCCC2)cc1)NCC(C)Oc1ccccc1F.I. The molecule has 1 saturated heterocycles. The van der Waals surface area contributed by atoms with Gasteiger partial charge in [0.25, 0.3) is 0 Å². The van der Waals surface area contributed by atoms with E-state index in [1.54, 1.807) is 49.5 Å². The van der Waals surface area contributed by atoms with E-state index in [2.05, 4.69) is 15.6 Å². The van der Waals surface area contributed by atoms with Crippen molar-refractivity contribution >= 4 is 40.0 Å². The van der Waals surface area contributed by atoms with E-state index in [4.69, 9.17) is 4.74 Å². The predicted octanol–water partition coefficient (Wildman–Crippen LogP) is 3.36. The molecule has 0 amide bonds. The number of rotatable bonds is 8. The molecule has 1 heterocycles. The van der Waals surface area contributed by atoms with Gasteiger partial charge in [-0.1, -0.05) is 24.3 Å². The lowest BCUT2D eigenvalue weighted by atomic mass is 10.2. The summed E-state index contributed by atoms with van der Waals surface area (Å²) in [5.41, 5.74) is 0.930. The van der Waals surface area contributed by atoms with Gasteiger partial charge in [-0.2, -0.15) is 4.31 Å². The highest BCUT2D eigenvalue weighted by molar-refractivity contribution is 14.0. The van der Waals surface area contributed by atoms with Crippen molar-refractivity contribution in [3.8, 4) is 5.75 Å². The molecule has 7 nitrogen and oxygen atoms in total. The molecule has 3 rings (SSSR count). The molecule has 2 aromatic rings. The van der Waals surface area contributed by atoms with Crippen LogP contribution in [-0.2, 0) is 16.6 Å². The maximum Gasteiger partial charge on any atom is 0.243 e. The zero-order chi connectivity index (χ0) is 22.3. The molecular weight excluding hydrogens is 546 g/mol. The summed E-state index contributed by atoms with van der Waals surface area (Å²) in [6, 6.07) is 13.2. The van der Waals surface area contributed by atoms with Crippen molar-refractivity contribution in [2.45, 2.75) is 37.3 Å². The Balaban J connectivity index is 0.00000363. The minimum Gasteiger partial charge on any atom is -0.486 e. The summed E-state index contributed by atoms with van der Waals surface area (Å²) < 4.78 is 46.0. The molecule has 0 aliphatic carbocycles. The standard InChI is InChI=1S/C22H29FN4O3S.HI/c1-17(30-21-8-4-3-7-20(21)23)15-25-22(24-2)26-16-18-9-11-19(12-10-18)31(28,29)27-13-5-6-14-27;/h3-4,7-12,17H,5-6,13-16H2,1-2H3,(H2,24,25,26);1H. The Kier molecular flexibility index (Phi) is 10.2. The molecule has 0 saturated carbocycles. The summed E-state index contributed by atoms with van der Waals surface area (Å²) >= 11 is 0. The summed E-state index contributed by atoms with van der Waals surface area (Å²) in [6.45, 7) is 3.93. The number of benzene rings is 2. The van der Waals surface area contributed by atoms with E-state index in [-0.39, 0.29) is 35.8 Å². The van der Waals surface area contributed by atoms with E-state index in [1.165, 1.54) is 10.4 Å². The predicted molar refractivity (Wildman–Crippen MR) is 135 cm³/mol. The molecule has 0 radical (unpaired) electrons. The van der Waals surface area contributed by atoms with Gasteiger partial charge in [0.1, 0.15) is 6.10 Å². The molecule has 0 spiro atoms.